The number of nitrogens with zero attached hydrogens (tertiary/aromatic N) is 3. The van der Waals surface area contributed by atoms with Gasteiger partial charge in [-0.1, -0.05) is 48.5 Å². The van der Waals surface area contributed by atoms with Crippen molar-refractivity contribution in [3.05, 3.63) is 66.2 Å². The molecule has 2 aromatic rings. The molecule has 5 heteroatoms. The molecule has 0 aromatic heterocycles. The molecule has 0 aliphatic carbocycles. The molecule has 2 aromatic carbocycles. The number of hydrogen-bond donors (Lipinski definition) is 0. The Bertz CT molecular complexity index is 869. The van der Waals surface area contributed by atoms with Crippen molar-refractivity contribution in [1.29, 1.82) is 0 Å². The second-order valence-electron chi connectivity index (χ2n) is 7.43. The van der Waals surface area contributed by atoms with E-state index in [9.17, 15) is 9.59 Å². The number of hydrazine groups is 1. The third-order valence-electron chi connectivity index (χ3n) is 6.12. The van der Waals surface area contributed by atoms with Crippen molar-refractivity contribution >= 4 is 17.5 Å². The van der Waals surface area contributed by atoms with Gasteiger partial charge >= 0.3 is 0 Å². The lowest BCUT2D eigenvalue weighted by molar-refractivity contribution is -0.131. The molecule has 3 aliphatic rings. The second-order valence-corrected chi connectivity index (χ2v) is 7.43. The Morgan fingerprint density at radius 2 is 1.58 bits per heavy atom. The zero-order valence-electron chi connectivity index (χ0n) is 14.7. The summed E-state index contributed by atoms with van der Waals surface area (Å²) in [6.07, 6.45) is 1.01. The van der Waals surface area contributed by atoms with Gasteiger partial charge in [-0.3, -0.25) is 9.59 Å². The standard InChI is InChI=1S/C21H21N3O2/c1-21-17(19(25)24(20(21)26)16-11-6-3-7-12-16)18(15-9-4-2-5-10-15)22-13-8-14-23(21)22/h2-7,9-12,17-18H,8,13-14H2,1H3/t17-,18+,21+/m0/s1. The highest BCUT2D eigenvalue weighted by molar-refractivity contribution is 6.25. The van der Waals surface area contributed by atoms with E-state index in [1.807, 2.05) is 55.5 Å². The normalized spacial score (nSPS) is 31.5. The molecule has 0 unspecified atom stereocenters. The van der Waals surface area contributed by atoms with Crippen LogP contribution >= 0.6 is 0 Å². The van der Waals surface area contributed by atoms with Gasteiger partial charge in [0.05, 0.1) is 17.6 Å². The Kier molecular flexibility index (Phi) is 3.33. The monoisotopic (exact) mass is 347 g/mol. The van der Waals surface area contributed by atoms with Crippen molar-refractivity contribution in [3.8, 4) is 0 Å². The summed E-state index contributed by atoms with van der Waals surface area (Å²) in [5.74, 6) is -0.589. The first-order valence-electron chi connectivity index (χ1n) is 9.16. The summed E-state index contributed by atoms with van der Waals surface area (Å²) < 4.78 is 0. The minimum absolute atomic E-state index is 0.0890. The Labute approximate surface area is 152 Å². The van der Waals surface area contributed by atoms with Crippen LogP contribution in [0, 0.1) is 5.92 Å². The van der Waals surface area contributed by atoms with E-state index >= 15 is 0 Å². The first-order chi connectivity index (χ1) is 12.6. The van der Waals surface area contributed by atoms with Crippen LogP contribution in [0.5, 0.6) is 0 Å². The highest BCUT2D eigenvalue weighted by atomic mass is 16.2. The summed E-state index contributed by atoms with van der Waals surface area (Å²) in [6, 6.07) is 19.3. The maximum absolute atomic E-state index is 13.5. The number of anilines is 1. The van der Waals surface area contributed by atoms with Crippen molar-refractivity contribution < 1.29 is 9.59 Å². The summed E-state index contributed by atoms with van der Waals surface area (Å²) in [4.78, 5) is 28.3. The van der Waals surface area contributed by atoms with Gasteiger partial charge in [0.15, 0.2) is 0 Å². The molecule has 3 heterocycles. The number of hydrogen-bond acceptors (Lipinski definition) is 4. The van der Waals surface area contributed by atoms with Crippen LogP contribution in [0.25, 0.3) is 0 Å². The Morgan fingerprint density at radius 3 is 2.27 bits per heavy atom. The summed E-state index contributed by atoms with van der Waals surface area (Å²) >= 11 is 0. The van der Waals surface area contributed by atoms with Crippen LogP contribution in [0.3, 0.4) is 0 Å². The van der Waals surface area contributed by atoms with Crippen molar-refractivity contribution in [2.24, 2.45) is 5.92 Å². The van der Waals surface area contributed by atoms with Gasteiger partial charge in [0.25, 0.3) is 5.91 Å². The molecule has 5 nitrogen and oxygen atoms in total. The lowest BCUT2D eigenvalue weighted by Crippen LogP contribution is -2.52. The van der Waals surface area contributed by atoms with E-state index in [0.717, 1.165) is 25.1 Å². The molecule has 0 saturated carbocycles. The Balaban J connectivity index is 1.65. The second kappa shape index (κ2) is 5.50. The van der Waals surface area contributed by atoms with Crippen LogP contribution in [0.4, 0.5) is 5.69 Å². The third kappa shape index (κ3) is 1.87. The number of rotatable bonds is 2. The zero-order chi connectivity index (χ0) is 17.9. The zero-order valence-corrected chi connectivity index (χ0v) is 14.7. The molecule has 26 heavy (non-hydrogen) atoms. The number of para-hydroxylation sites is 1. The quantitative estimate of drug-likeness (QED) is 0.784. The average Bonchev–Trinajstić information content (AvgIpc) is 3.29. The van der Waals surface area contributed by atoms with E-state index in [4.69, 9.17) is 0 Å². The number of carbonyl (C=O) groups is 2. The summed E-state index contributed by atoms with van der Waals surface area (Å²) in [5.41, 5.74) is 0.948. The molecule has 3 saturated heterocycles. The fraction of sp³-hybridized carbons (Fsp3) is 0.333. The fourth-order valence-corrected chi connectivity index (χ4v) is 4.98. The number of carbonyl (C=O) groups excluding carboxylic acids is 2. The van der Waals surface area contributed by atoms with Gasteiger partial charge in [0.2, 0.25) is 5.91 Å². The number of imide groups is 1. The van der Waals surface area contributed by atoms with Gasteiger partial charge in [0, 0.05) is 13.1 Å². The predicted molar refractivity (Wildman–Crippen MR) is 98.0 cm³/mol. The Hall–Kier alpha value is -2.50. The smallest absolute Gasteiger partial charge is 0.256 e. The molecular formula is C21H21N3O2. The largest absolute Gasteiger partial charge is 0.274 e. The molecule has 0 N–H and O–H groups in total. The molecule has 0 bridgehead atoms. The van der Waals surface area contributed by atoms with E-state index in [-0.39, 0.29) is 17.9 Å². The van der Waals surface area contributed by atoms with Crippen LogP contribution in [0.15, 0.2) is 60.7 Å². The molecule has 5 rings (SSSR count). The molecule has 132 valence electrons. The molecule has 3 atom stereocenters. The lowest BCUT2D eigenvalue weighted by Gasteiger charge is -2.33. The maximum atomic E-state index is 13.5. The van der Waals surface area contributed by atoms with Crippen LogP contribution in [-0.4, -0.2) is 40.5 Å². The van der Waals surface area contributed by atoms with Crippen LogP contribution < -0.4 is 4.90 Å². The molecular weight excluding hydrogens is 326 g/mol. The highest BCUT2D eigenvalue weighted by Gasteiger charge is 2.70. The molecule has 3 aliphatic heterocycles. The van der Waals surface area contributed by atoms with E-state index in [1.165, 1.54) is 4.90 Å². The van der Waals surface area contributed by atoms with Crippen LogP contribution in [-0.2, 0) is 9.59 Å². The highest BCUT2D eigenvalue weighted by Crippen LogP contribution is 2.54. The summed E-state index contributed by atoms with van der Waals surface area (Å²) in [6.45, 7) is 3.65. The SMILES string of the molecule is C[C@]12C(=O)N(c3ccccc3)C(=O)[C@@H]1[C@@H](c1ccccc1)N1CCCN12. The summed E-state index contributed by atoms with van der Waals surface area (Å²) in [5, 5.41) is 4.40. The van der Waals surface area contributed by atoms with E-state index in [1.54, 1.807) is 0 Å². The number of amides is 2. The first-order valence-corrected chi connectivity index (χ1v) is 9.16. The summed E-state index contributed by atoms with van der Waals surface area (Å²) in [7, 11) is 0. The van der Waals surface area contributed by atoms with Gasteiger partial charge in [0.1, 0.15) is 5.54 Å². The average molecular weight is 347 g/mol. The predicted octanol–water partition coefficient (Wildman–Crippen LogP) is 2.61. The molecule has 2 amide bonds. The van der Waals surface area contributed by atoms with Crippen molar-refractivity contribution in [2.75, 3.05) is 18.0 Å². The first kappa shape index (κ1) is 15.7. The van der Waals surface area contributed by atoms with E-state index < -0.39 is 11.5 Å². The fourth-order valence-electron chi connectivity index (χ4n) is 4.98. The number of fused-ring (bicyclic) bond motifs is 3. The lowest BCUT2D eigenvalue weighted by atomic mass is 9.81. The molecule has 0 spiro atoms. The van der Waals surface area contributed by atoms with Crippen molar-refractivity contribution in [1.82, 2.24) is 10.0 Å². The Morgan fingerprint density at radius 1 is 0.923 bits per heavy atom. The van der Waals surface area contributed by atoms with Gasteiger partial charge in [-0.2, -0.15) is 0 Å². The van der Waals surface area contributed by atoms with Crippen molar-refractivity contribution in [2.45, 2.75) is 24.9 Å². The van der Waals surface area contributed by atoms with Crippen molar-refractivity contribution in [3.63, 3.8) is 0 Å². The number of benzene rings is 2. The van der Waals surface area contributed by atoms with E-state index in [2.05, 4.69) is 22.2 Å². The van der Waals surface area contributed by atoms with Crippen LogP contribution in [0.1, 0.15) is 24.9 Å². The topological polar surface area (TPSA) is 43.9 Å². The van der Waals surface area contributed by atoms with Gasteiger partial charge in [-0.05, 0) is 31.0 Å². The van der Waals surface area contributed by atoms with Gasteiger partial charge in [-0.15, -0.1) is 0 Å². The molecule has 3 fully saturated rings. The van der Waals surface area contributed by atoms with Gasteiger partial charge in [-0.25, -0.2) is 14.9 Å². The maximum Gasteiger partial charge on any atom is 0.256 e. The minimum Gasteiger partial charge on any atom is -0.274 e. The van der Waals surface area contributed by atoms with Gasteiger partial charge < -0.3 is 0 Å². The molecule has 0 radical (unpaired) electrons. The minimum atomic E-state index is -0.816. The third-order valence-corrected chi connectivity index (χ3v) is 6.12. The van der Waals surface area contributed by atoms with E-state index in [0.29, 0.717) is 5.69 Å². The van der Waals surface area contributed by atoms with Crippen LogP contribution in [0.2, 0.25) is 0 Å².